The molecule has 1 saturated heterocycles. The molecular formula is C24H32N2O2. The number of furan rings is 1. The van der Waals surface area contributed by atoms with Gasteiger partial charge in [0, 0.05) is 31.1 Å². The minimum Gasteiger partial charge on any atom is -0.461 e. The van der Waals surface area contributed by atoms with Gasteiger partial charge in [-0.3, -0.25) is 9.69 Å². The molecule has 1 aliphatic heterocycles. The lowest BCUT2D eigenvalue weighted by Gasteiger charge is -2.33. The number of hydrogen-bond donors (Lipinski definition) is 1. The molecule has 1 amide bonds. The second-order valence-corrected chi connectivity index (χ2v) is 8.36. The Labute approximate surface area is 168 Å². The molecule has 0 bridgehead atoms. The third-order valence-electron chi connectivity index (χ3n) is 6.08. The summed E-state index contributed by atoms with van der Waals surface area (Å²) in [5, 5.41) is 4.27. The summed E-state index contributed by atoms with van der Waals surface area (Å²) in [6.07, 6.45) is 12.9. The van der Waals surface area contributed by atoms with Crippen LogP contribution in [0, 0.1) is 0 Å². The van der Waals surface area contributed by atoms with E-state index in [9.17, 15) is 4.79 Å². The van der Waals surface area contributed by atoms with Crippen LogP contribution in [0.3, 0.4) is 0 Å². The average molecular weight is 381 g/mol. The maximum Gasteiger partial charge on any atom is 0.227 e. The summed E-state index contributed by atoms with van der Waals surface area (Å²) >= 11 is 0. The van der Waals surface area contributed by atoms with E-state index in [-0.39, 0.29) is 5.91 Å². The molecule has 0 unspecified atom stereocenters. The van der Waals surface area contributed by atoms with Crippen molar-refractivity contribution in [3.05, 3.63) is 47.7 Å². The predicted octanol–water partition coefficient (Wildman–Crippen LogP) is 4.84. The van der Waals surface area contributed by atoms with Gasteiger partial charge in [-0.1, -0.05) is 42.7 Å². The Balaban J connectivity index is 1.22. The van der Waals surface area contributed by atoms with Crippen molar-refractivity contribution < 1.29 is 9.21 Å². The number of carbonyl (C=O) groups is 1. The molecule has 2 heterocycles. The molecule has 4 rings (SSSR count). The third-order valence-corrected chi connectivity index (χ3v) is 6.08. The molecule has 0 spiro atoms. The van der Waals surface area contributed by atoms with Crippen molar-refractivity contribution in [2.75, 3.05) is 19.6 Å². The van der Waals surface area contributed by atoms with Crippen LogP contribution >= 0.6 is 0 Å². The van der Waals surface area contributed by atoms with Crippen LogP contribution in [-0.2, 0) is 11.2 Å². The first kappa shape index (κ1) is 19.3. The van der Waals surface area contributed by atoms with Gasteiger partial charge in [-0.2, -0.15) is 0 Å². The van der Waals surface area contributed by atoms with Gasteiger partial charge in [-0.25, -0.2) is 0 Å². The lowest BCUT2D eigenvalue weighted by Crippen LogP contribution is -2.45. The summed E-state index contributed by atoms with van der Waals surface area (Å²) < 4.78 is 5.77. The van der Waals surface area contributed by atoms with Crippen LogP contribution in [-0.4, -0.2) is 36.5 Å². The van der Waals surface area contributed by atoms with Crippen LogP contribution in [0.15, 0.2) is 46.4 Å². The number of amides is 1. The molecule has 1 fully saturated rings. The lowest BCUT2D eigenvalue weighted by molar-refractivity contribution is -0.121. The summed E-state index contributed by atoms with van der Waals surface area (Å²) in [7, 11) is 0. The van der Waals surface area contributed by atoms with Gasteiger partial charge in [0.25, 0.3) is 0 Å². The van der Waals surface area contributed by atoms with Crippen molar-refractivity contribution in [3.63, 3.8) is 0 Å². The zero-order valence-corrected chi connectivity index (χ0v) is 16.8. The number of piperidine rings is 1. The van der Waals surface area contributed by atoms with Crippen LogP contribution in [0.2, 0.25) is 0 Å². The molecule has 0 radical (unpaired) electrons. The maximum absolute atomic E-state index is 12.4. The summed E-state index contributed by atoms with van der Waals surface area (Å²) in [5.74, 6) is 0.813. The van der Waals surface area contributed by atoms with Crippen LogP contribution in [0.5, 0.6) is 0 Å². The zero-order valence-electron chi connectivity index (χ0n) is 16.8. The average Bonchev–Trinajstić information content (AvgIpc) is 3.07. The summed E-state index contributed by atoms with van der Waals surface area (Å²) in [6.45, 7) is 3.28. The van der Waals surface area contributed by atoms with Gasteiger partial charge in [0.2, 0.25) is 5.91 Å². The smallest absolute Gasteiger partial charge is 0.227 e. The van der Waals surface area contributed by atoms with E-state index in [0.717, 1.165) is 49.2 Å². The van der Waals surface area contributed by atoms with Crippen LogP contribution in [0.25, 0.3) is 11.0 Å². The fraction of sp³-hybridized carbons (Fsp3) is 0.542. The summed E-state index contributed by atoms with van der Waals surface area (Å²) in [5.41, 5.74) is 2.48. The van der Waals surface area contributed by atoms with Gasteiger partial charge in [0.15, 0.2) is 0 Å². The number of allylic oxidation sites excluding steroid dienone is 1. The molecule has 2 aromatic rings. The molecule has 0 saturated carbocycles. The van der Waals surface area contributed by atoms with Crippen molar-refractivity contribution in [2.24, 2.45) is 0 Å². The molecule has 4 heteroatoms. The van der Waals surface area contributed by atoms with E-state index in [1.807, 2.05) is 30.3 Å². The number of likely N-dealkylation sites (tertiary alicyclic amines) is 1. The Morgan fingerprint density at radius 3 is 2.79 bits per heavy atom. The number of nitrogens with zero attached hydrogens (tertiary/aromatic N) is 1. The molecule has 28 heavy (non-hydrogen) atoms. The van der Waals surface area contributed by atoms with E-state index in [1.54, 1.807) is 5.57 Å². The van der Waals surface area contributed by atoms with E-state index < -0.39 is 0 Å². The second kappa shape index (κ2) is 9.42. The summed E-state index contributed by atoms with van der Waals surface area (Å²) in [6, 6.07) is 10.2. The third kappa shape index (κ3) is 5.26. The number of hydrogen-bond acceptors (Lipinski definition) is 3. The number of benzene rings is 1. The van der Waals surface area contributed by atoms with Crippen LogP contribution < -0.4 is 5.32 Å². The van der Waals surface area contributed by atoms with Crippen molar-refractivity contribution in [1.29, 1.82) is 0 Å². The maximum atomic E-state index is 12.4. The Morgan fingerprint density at radius 1 is 1.11 bits per heavy atom. The molecule has 2 aliphatic rings. The Morgan fingerprint density at radius 2 is 1.93 bits per heavy atom. The number of nitrogens with one attached hydrogen (secondary N) is 1. The van der Waals surface area contributed by atoms with E-state index in [1.165, 1.54) is 38.5 Å². The Hall–Kier alpha value is -2.07. The van der Waals surface area contributed by atoms with Crippen molar-refractivity contribution in [2.45, 2.75) is 63.8 Å². The van der Waals surface area contributed by atoms with E-state index in [0.29, 0.717) is 12.5 Å². The molecule has 150 valence electrons. The van der Waals surface area contributed by atoms with E-state index in [4.69, 9.17) is 4.42 Å². The van der Waals surface area contributed by atoms with Crippen molar-refractivity contribution in [1.82, 2.24) is 10.2 Å². The standard InChI is InChI=1S/C24H32N2O2/c27-24(17-22-16-20-10-6-7-11-23(20)28-22)25-21-12-14-26(15-13-21)18-19-8-4-2-1-3-5-9-19/h6-8,10-11,16,21H,1-5,9,12-15,17-18H2,(H,25,27)/b19-8+. The molecule has 1 aliphatic carbocycles. The first-order valence-electron chi connectivity index (χ1n) is 10.9. The molecule has 1 aromatic heterocycles. The summed E-state index contributed by atoms with van der Waals surface area (Å²) in [4.78, 5) is 15.0. The quantitative estimate of drug-likeness (QED) is 0.755. The SMILES string of the molecule is O=C(Cc1cc2ccccc2o1)NC1CCN(C/C2=C/CCCCCC2)CC1. The minimum atomic E-state index is 0.0697. The molecule has 4 nitrogen and oxygen atoms in total. The van der Waals surface area contributed by atoms with Gasteiger partial charge in [-0.15, -0.1) is 0 Å². The van der Waals surface area contributed by atoms with Crippen molar-refractivity contribution in [3.8, 4) is 0 Å². The molecule has 1 N–H and O–H groups in total. The molecule has 1 aromatic carbocycles. The highest BCUT2D eigenvalue weighted by Gasteiger charge is 2.21. The highest BCUT2D eigenvalue weighted by Crippen LogP contribution is 2.21. The highest BCUT2D eigenvalue weighted by atomic mass is 16.3. The fourth-order valence-corrected chi connectivity index (χ4v) is 4.49. The number of carbonyl (C=O) groups excluding carboxylic acids is 1. The molecule has 0 atom stereocenters. The largest absolute Gasteiger partial charge is 0.461 e. The van der Waals surface area contributed by atoms with E-state index in [2.05, 4.69) is 16.3 Å². The van der Waals surface area contributed by atoms with Crippen LogP contribution in [0.4, 0.5) is 0 Å². The monoisotopic (exact) mass is 380 g/mol. The topological polar surface area (TPSA) is 45.5 Å². The van der Waals surface area contributed by atoms with Gasteiger partial charge in [-0.05, 0) is 50.7 Å². The van der Waals surface area contributed by atoms with Gasteiger partial charge < -0.3 is 9.73 Å². The first-order chi connectivity index (χ1) is 13.8. The lowest BCUT2D eigenvalue weighted by atomic mass is 9.98. The predicted molar refractivity (Wildman–Crippen MR) is 113 cm³/mol. The highest BCUT2D eigenvalue weighted by molar-refractivity contribution is 5.82. The second-order valence-electron chi connectivity index (χ2n) is 8.36. The molecular weight excluding hydrogens is 348 g/mol. The van der Waals surface area contributed by atoms with Gasteiger partial charge in [0.1, 0.15) is 11.3 Å². The van der Waals surface area contributed by atoms with Crippen molar-refractivity contribution >= 4 is 16.9 Å². The van der Waals surface area contributed by atoms with Crippen LogP contribution in [0.1, 0.15) is 57.1 Å². The fourth-order valence-electron chi connectivity index (χ4n) is 4.49. The van der Waals surface area contributed by atoms with Gasteiger partial charge in [0.05, 0.1) is 6.42 Å². The van der Waals surface area contributed by atoms with Gasteiger partial charge >= 0.3 is 0 Å². The number of para-hydroxylation sites is 1. The Bertz CT molecular complexity index is 782. The first-order valence-corrected chi connectivity index (χ1v) is 10.9. The normalized spacial score (nSPS) is 21.6. The van der Waals surface area contributed by atoms with E-state index >= 15 is 0 Å². The number of fused-ring (bicyclic) bond motifs is 1. The number of rotatable bonds is 5. The zero-order chi connectivity index (χ0) is 19.2. The Kier molecular flexibility index (Phi) is 6.48. The minimum absolute atomic E-state index is 0.0697.